The molecule has 0 saturated heterocycles. The first-order valence-electron chi connectivity index (χ1n) is 7.68. The van der Waals surface area contributed by atoms with Crippen LogP contribution in [-0.2, 0) is 10.0 Å². The first-order valence-corrected chi connectivity index (χ1v) is 9.54. The smallest absolute Gasteiger partial charge is 0.240 e. The summed E-state index contributed by atoms with van der Waals surface area (Å²) in [5, 5.41) is 0.357. The number of pyridine rings is 1. The summed E-state index contributed by atoms with van der Waals surface area (Å²) in [7, 11) is -3.68. The highest BCUT2D eigenvalue weighted by Gasteiger charge is 2.16. The number of hydrogen-bond donors (Lipinski definition) is 1. The summed E-state index contributed by atoms with van der Waals surface area (Å²) < 4.78 is 32.2. The number of nitrogens with zero attached hydrogens (tertiary/aromatic N) is 1. The van der Waals surface area contributed by atoms with Gasteiger partial charge in [0.1, 0.15) is 11.6 Å². The molecule has 1 N–H and O–H groups in total. The number of carbonyl (C=O) groups is 1. The molecule has 0 bridgehead atoms. The first-order chi connectivity index (χ1) is 11.8. The van der Waals surface area contributed by atoms with E-state index in [0.717, 1.165) is 0 Å². The molecule has 0 aliphatic carbocycles. The van der Waals surface area contributed by atoms with E-state index < -0.39 is 10.0 Å². The van der Waals surface area contributed by atoms with Crippen LogP contribution in [0.2, 0.25) is 5.02 Å². The number of aromatic nitrogens is 1. The van der Waals surface area contributed by atoms with Crippen LogP contribution in [0, 0.1) is 5.92 Å². The van der Waals surface area contributed by atoms with E-state index >= 15 is 0 Å². The van der Waals surface area contributed by atoms with Crippen molar-refractivity contribution in [1.29, 1.82) is 0 Å². The maximum atomic E-state index is 12.2. The Balaban J connectivity index is 1.93. The lowest BCUT2D eigenvalue weighted by molar-refractivity contribution is 0.0939. The molecule has 25 heavy (non-hydrogen) atoms. The van der Waals surface area contributed by atoms with Gasteiger partial charge in [-0.25, -0.2) is 18.1 Å². The molecule has 2 rings (SSSR count). The van der Waals surface area contributed by atoms with Crippen molar-refractivity contribution in [2.45, 2.75) is 18.7 Å². The quantitative estimate of drug-likeness (QED) is 0.560. The number of hydrogen-bond acceptors (Lipinski definition) is 5. The standard InChI is InChI=1S/C17H19ClN2O4S/c1-12(2)16(21)13-5-7-14(8-6-13)25(22,23)20-10-11-24-17-15(18)4-3-9-19-17/h3-9,12,20H,10-11H2,1-2H3. The number of halogens is 1. The number of sulfonamides is 1. The maximum Gasteiger partial charge on any atom is 0.240 e. The second-order valence-electron chi connectivity index (χ2n) is 5.58. The van der Waals surface area contributed by atoms with Crippen LogP contribution in [0.15, 0.2) is 47.5 Å². The minimum atomic E-state index is -3.68. The molecule has 0 radical (unpaired) electrons. The van der Waals surface area contributed by atoms with Gasteiger partial charge in [0.2, 0.25) is 15.9 Å². The van der Waals surface area contributed by atoms with Crippen LogP contribution in [-0.4, -0.2) is 32.3 Å². The van der Waals surface area contributed by atoms with E-state index in [0.29, 0.717) is 10.6 Å². The Bertz CT molecular complexity index is 836. The second kappa shape index (κ2) is 8.42. The fourth-order valence-corrected chi connectivity index (χ4v) is 3.21. The van der Waals surface area contributed by atoms with Crippen LogP contribution in [0.25, 0.3) is 0 Å². The van der Waals surface area contributed by atoms with Gasteiger partial charge in [0, 0.05) is 24.2 Å². The molecular formula is C17H19ClN2O4S. The molecular weight excluding hydrogens is 364 g/mol. The Labute approximate surface area is 152 Å². The third-order valence-electron chi connectivity index (χ3n) is 3.33. The van der Waals surface area contributed by atoms with Crippen LogP contribution < -0.4 is 9.46 Å². The Hall–Kier alpha value is -1.96. The van der Waals surface area contributed by atoms with Crippen molar-refractivity contribution in [3.8, 4) is 5.88 Å². The van der Waals surface area contributed by atoms with Crippen LogP contribution >= 0.6 is 11.6 Å². The minimum Gasteiger partial charge on any atom is -0.475 e. The normalized spacial score (nSPS) is 11.5. The van der Waals surface area contributed by atoms with Gasteiger partial charge in [-0.2, -0.15) is 0 Å². The number of nitrogens with one attached hydrogen (secondary N) is 1. The molecule has 0 spiro atoms. The summed E-state index contributed by atoms with van der Waals surface area (Å²) in [6.07, 6.45) is 1.53. The van der Waals surface area contributed by atoms with E-state index in [-0.39, 0.29) is 35.6 Å². The first kappa shape index (κ1) is 19.4. The Kier molecular flexibility index (Phi) is 6.52. The molecule has 1 heterocycles. The van der Waals surface area contributed by atoms with Crippen LogP contribution in [0.4, 0.5) is 0 Å². The van der Waals surface area contributed by atoms with Gasteiger partial charge in [0.05, 0.1) is 4.90 Å². The van der Waals surface area contributed by atoms with Gasteiger partial charge in [-0.05, 0) is 24.3 Å². The molecule has 1 aromatic heterocycles. The summed E-state index contributed by atoms with van der Waals surface area (Å²) in [4.78, 5) is 15.9. The molecule has 134 valence electrons. The van der Waals surface area contributed by atoms with Crippen molar-refractivity contribution >= 4 is 27.4 Å². The van der Waals surface area contributed by atoms with Crippen molar-refractivity contribution in [3.63, 3.8) is 0 Å². The Morgan fingerprint density at radius 1 is 1.24 bits per heavy atom. The third kappa shape index (κ3) is 5.26. The van der Waals surface area contributed by atoms with Crippen molar-refractivity contribution in [2.24, 2.45) is 5.92 Å². The molecule has 8 heteroatoms. The average Bonchev–Trinajstić information content (AvgIpc) is 2.59. The number of rotatable bonds is 8. The van der Waals surface area contributed by atoms with E-state index in [1.165, 1.54) is 30.5 Å². The van der Waals surface area contributed by atoms with Crippen LogP contribution in [0.3, 0.4) is 0 Å². The summed E-state index contributed by atoms with van der Waals surface area (Å²) >= 11 is 5.90. The lowest BCUT2D eigenvalue weighted by Gasteiger charge is -2.09. The second-order valence-corrected chi connectivity index (χ2v) is 7.75. The maximum absolute atomic E-state index is 12.2. The molecule has 0 aliphatic rings. The molecule has 1 aromatic carbocycles. The lowest BCUT2D eigenvalue weighted by Crippen LogP contribution is -2.28. The fourth-order valence-electron chi connectivity index (χ4n) is 2.02. The highest BCUT2D eigenvalue weighted by atomic mass is 35.5. The highest BCUT2D eigenvalue weighted by Crippen LogP contribution is 2.19. The van der Waals surface area contributed by atoms with Gasteiger partial charge >= 0.3 is 0 Å². The Morgan fingerprint density at radius 3 is 2.52 bits per heavy atom. The molecule has 0 aliphatic heterocycles. The van der Waals surface area contributed by atoms with Crippen molar-refractivity contribution < 1.29 is 17.9 Å². The van der Waals surface area contributed by atoms with Crippen molar-refractivity contribution in [2.75, 3.05) is 13.2 Å². The summed E-state index contributed by atoms with van der Waals surface area (Å²) in [6.45, 7) is 3.73. The summed E-state index contributed by atoms with van der Waals surface area (Å²) in [5.74, 6) is 0.0774. The topological polar surface area (TPSA) is 85.4 Å². The predicted molar refractivity (Wildman–Crippen MR) is 95.5 cm³/mol. The SMILES string of the molecule is CC(C)C(=O)c1ccc(S(=O)(=O)NCCOc2ncccc2Cl)cc1. The van der Waals surface area contributed by atoms with Crippen molar-refractivity contribution in [3.05, 3.63) is 53.2 Å². The van der Waals surface area contributed by atoms with Gasteiger partial charge < -0.3 is 4.74 Å². The molecule has 0 fully saturated rings. The largest absolute Gasteiger partial charge is 0.475 e. The van der Waals surface area contributed by atoms with Gasteiger partial charge in [-0.3, -0.25) is 4.79 Å². The summed E-state index contributed by atoms with van der Waals surface area (Å²) in [5.41, 5.74) is 0.488. The number of Topliss-reactive ketones (excluding diaryl/α,β-unsaturated/α-hetero) is 1. The van der Waals surface area contributed by atoms with E-state index in [9.17, 15) is 13.2 Å². The molecule has 6 nitrogen and oxygen atoms in total. The van der Waals surface area contributed by atoms with Gasteiger partial charge in [0.15, 0.2) is 5.78 Å². The van der Waals surface area contributed by atoms with E-state index in [1.807, 2.05) is 0 Å². The van der Waals surface area contributed by atoms with E-state index in [2.05, 4.69) is 9.71 Å². The zero-order valence-electron chi connectivity index (χ0n) is 13.9. The van der Waals surface area contributed by atoms with E-state index in [1.54, 1.807) is 26.0 Å². The van der Waals surface area contributed by atoms with Gasteiger partial charge in [-0.15, -0.1) is 0 Å². The summed E-state index contributed by atoms with van der Waals surface area (Å²) in [6, 6.07) is 9.16. The molecule has 2 aromatic rings. The number of carbonyl (C=O) groups excluding carboxylic acids is 1. The molecule has 0 saturated carbocycles. The highest BCUT2D eigenvalue weighted by molar-refractivity contribution is 7.89. The predicted octanol–water partition coefficient (Wildman–Crippen LogP) is 2.93. The average molecular weight is 383 g/mol. The van der Waals surface area contributed by atoms with E-state index in [4.69, 9.17) is 16.3 Å². The molecule has 0 atom stereocenters. The zero-order valence-corrected chi connectivity index (χ0v) is 15.5. The number of benzene rings is 1. The monoisotopic (exact) mass is 382 g/mol. The molecule has 0 amide bonds. The zero-order chi connectivity index (χ0) is 18.4. The van der Waals surface area contributed by atoms with Gasteiger partial charge in [-0.1, -0.05) is 37.6 Å². The number of ether oxygens (including phenoxy) is 1. The lowest BCUT2D eigenvalue weighted by atomic mass is 10.0. The fraction of sp³-hybridized carbons (Fsp3) is 0.294. The molecule has 0 unspecified atom stereocenters. The van der Waals surface area contributed by atoms with Gasteiger partial charge in [0.25, 0.3) is 0 Å². The van der Waals surface area contributed by atoms with Crippen molar-refractivity contribution in [1.82, 2.24) is 9.71 Å². The van der Waals surface area contributed by atoms with Crippen LogP contribution in [0.1, 0.15) is 24.2 Å². The number of ketones is 1. The van der Waals surface area contributed by atoms with Crippen LogP contribution in [0.5, 0.6) is 5.88 Å². The minimum absolute atomic E-state index is 0.0300. The third-order valence-corrected chi connectivity index (χ3v) is 5.10. The Morgan fingerprint density at radius 2 is 1.92 bits per heavy atom.